The molecule has 2 aromatic rings. The molecule has 25 heavy (non-hydrogen) atoms. The fraction of sp³-hybridized carbons (Fsp3) is 0.421. The van der Waals surface area contributed by atoms with E-state index in [1.54, 1.807) is 17.4 Å². The summed E-state index contributed by atoms with van der Waals surface area (Å²) in [6.45, 7) is 1.94. The summed E-state index contributed by atoms with van der Waals surface area (Å²) in [5.74, 6) is -1.54. The largest absolute Gasteiger partial charge is 0.481 e. The molecule has 0 spiro atoms. The number of thiazole rings is 1. The van der Waals surface area contributed by atoms with Crippen LogP contribution in [0.25, 0.3) is 10.6 Å². The van der Waals surface area contributed by atoms with Gasteiger partial charge in [0.25, 0.3) is 5.91 Å². The summed E-state index contributed by atoms with van der Waals surface area (Å²) in [7, 11) is 0. The highest BCUT2D eigenvalue weighted by atomic mass is 32.1. The molecule has 0 radical (unpaired) electrons. The summed E-state index contributed by atoms with van der Waals surface area (Å²) in [4.78, 5) is 28.6. The molecule has 1 aliphatic carbocycles. The van der Waals surface area contributed by atoms with Crippen LogP contribution in [-0.4, -0.2) is 28.0 Å². The summed E-state index contributed by atoms with van der Waals surface area (Å²) >= 11 is 1.55. The number of amides is 1. The first-order valence-corrected chi connectivity index (χ1v) is 9.49. The van der Waals surface area contributed by atoms with Crippen LogP contribution in [0.15, 0.2) is 29.6 Å². The zero-order valence-corrected chi connectivity index (χ0v) is 15.0. The Hall–Kier alpha value is -2.21. The fourth-order valence-corrected chi connectivity index (χ4v) is 4.10. The first-order chi connectivity index (χ1) is 12.0. The number of nitrogens with one attached hydrogen (secondary N) is 1. The van der Waals surface area contributed by atoms with E-state index in [-0.39, 0.29) is 11.9 Å². The van der Waals surface area contributed by atoms with Crippen molar-refractivity contribution in [2.24, 2.45) is 5.92 Å². The van der Waals surface area contributed by atoms with E-state index in [0.29, 0.717) is 18.4 Å². The summed E-state index contributed by atoms with van der Waals surface area (Å²) < 4.78 is 0. The fourth-order valence-electron chi connectivity index (χ4n) is 3.31. The molecule has 0 unspecified atom stereocenters. The Balaban J connectivity index is 1.77. The van der Waals surface area contributed by atoms with Gasteiger partial charge in [-0.1, -0.05) is 31.4 Å². The lowest BCUT2D eigenvalue weighted by molar-refractivity contribution is -0.142. The van der Waals surface area contributed by atoms with E-state index in [2.05, 4.69) is 10.3 Å². The Labute approximate surface area is 151 Å². The van der Waals surface area contributed by atoms with Gasteiger partial charge in [-0.05, 0) is 31.9 Å². The lowest BCUT2D eigenvalue weighted by Gasteiger charge is -2.23. The van der Waals surface area contributed by atoms with E-state index >= 15 is 0 Å². The number of benzene rings is 1. The molecule has 1 aromatic heterocycles. The Morgan fingerprint density at radius 1 is 1.24 bits per heavy atom. The van der Waals surface area contributed by atoms with E-state index < -0.39 is 11.9 Å². The Morgan fingerprint density at radius 3 is 2.76 bits per heavy atom. The summed E-state index contributed by atoms with van der Waals surface area (Å²) in [6.07, 6.45) is 4.22. The maximum Gasteiger partial charge on any atom is 0.308 e. The van der Waals surface area contributed by atoms with Gasteiger partial charge in [0.15, 0.2) is 0 Å². The van der Waals surface area contributed by atoms with Gasteiger partial charge in [-0.25, -0.2) is 4.98 Å². The van der Waals surface area contributed by atoms with Gasteiger partial charge in [0.2, 0.25) is 0 Å². The van der Waals surface area contributed by atoms with Crippen LogP contribution in [0.1, 0.15) is 48.2 Å². The number of rotatable bonds is 4. The molecule has 0 aliphatic heterocycles. The molecule has 1 saturated carbocycles. The van der Waals surface area contributed by atoms with E-state index in [0.717, 1.165) is 35.5 Å². The van der Waals surface area contributed by atoms with Gasteiger partial charge in [-0.3, -0.25) is 9.59 Å². The zero-order valence-electron chi connectivity index (χ0n) is 14.2. The molecule has 0 saturated heterocycles. The Morgan fingerprint density at radius 2 is 2.04 bits per heavy atom. The number of carbonyl (C=O) groups excluding carboxylic acids is 1. The highest BCUT2D eigenvalue weighted by molar-refractivity contribution is 7.13. The number of aromatic nitrogens is 1. The molecule has 3 rings (SSSR count). The molecule has 1 heterocycles. The van der Waals surface area contributed by atoms with Crippen LogP contribution in [0.2, 0.25) is 0 Å². The van der Waals surface area contributed by atoms with Crippen molar-refractivity contribution in [1.82, 2.24) is 10.3 Å². The smallest absolute Gasteiger partial charge is 0.308 e. The van der Waals surface area contributed by atoms with Crippen LogP contribution in [0.3, 0.4) is 0 Å². The second-order valence-electron chi connectivity index (χ2n) is 6.54. The molecule has 6 heteroatoms. The number of carboxylic acids is 1. The second-order valence-corrected chi connectivity index (χ2v) is 7.40. The van der Waals surface area contributed by atoms with Gasteiger partial charge in [0.1, 0.15) is 5.01 Å². The first-order valence-electron chi connectivity index (χ1n) is 8.61. The maximum atomic E-state index is 12.7. The van der Waals surface area contributed by atoms with E-state index in [1.165, 1.54) is 0 Å². The zero-order chi connectivity index (χ0) is 17.8. The van der Waals surface area contributed by atoms with Crippen LogP contribution >= 0.6 is 11.3 Å². The standard InChI is InChI=1S/C19H22N2O3S/c1-12-11-25-18(20-12)14-7-5-6-13(10-14)17(22)21-16-9-4-2-3-8-15(16)19(23)24/h5-7,10-11,15-16H,2-4,8-9H2,1H3,(H,21,22)(H,23,24)/t15-,16+/m1/s1. The number of carbonyl (C=O) groups is 2. The van der Waals surface area contributed by atoms with Gasteiger partial charge in [-0.2, -0.15) is 0 Å². The molecular formula is C19H22N2O3S. The highest BCUT2D eigenvalue weighted by Gasteiger charge is 2.30. The molecule has 1 aromatic carbocycles. The van der Waals surface area contributed by atoms with Crippen molar-refractivity contribution in [3.63, 3.8) is 0 Å². The van der Waals surface area contributed by atoms with Crippen molar-refractivity contribution in [3.05, 3.63) is 40.9 Å². The number of aryl methyl sites for hydroxylation is 1. The molecule has 1 amide bonds. The van der Waals surface area contributed by atoms with Crippen LogP contribution in [0.5, 0.6) is 0 Å². The van der Waals surface area contributed by atoms with Crippen molar-refractivity contribution >= 4 is 23.2 Å². The minimum absolute atomic E-state index is 0.215. The minimum Gasteiger partial charge on any atom is -0.481 e. The van der Waals surface area contributed by atoms with E-state index in [4.69, 9.17) is 0 Å². The molecule has 0 bridgehead atoms. The molecule has 2 N–H and O–H groups in total. The van der Waals surface area contributed by atoms with Gasteiger partial charge >= 0.3 is 5.97 Å². The topological polar surface area (TPSA) is 79.3 Å². The third-order valence-electron chi connectivity index (χ3n) is 4.64. The first kappa shape index (κ1) is 17.6. The number of nitrogens with zero attached hydrogens (tertiary/aromatic N) is 1. The monoisotopic (exact) mass is 358 g/mol. The van der Waals surface area contributed by atoms with Crippen molar-refractivity contribution < 1.29 is 14.7 Å². The predicted molar refractivity (Wildman–Crippen MR) is 97.8 cm³/mol. The van der Waals surface area contributed by atoms with Crippen LogP contribution in [0, 0.1) is 12.8 Å². The lowest BCUT2D eigenvalue weighted by Crippen LogP contribution is -2.42. The van der Waals surface area contributed by atoms with Crippen molar-refractivity contribution in [1.29, 1.82) is 0 Å². The molecular weight excluding hydrogens is 336 g/mol. The van der Waals surface area contributed by atoms with E-state index in [1.807, 2.05) is 30.5 Å². The molecule has 2 atom stereocenters. The van der Waals surface area contributed by atoms with Crippen LogP contribution in [0.4, 0.5) is 0 Å². The van der Waals surface area contributed by atoms with Crippen molar-refractivity contribution in [2.45, 2.75) is 45.1 Å². The lowest BCUT2D eigenvalue weighted by atomic mass is 9.94. The third-order valence-corrected chi connectivity index (χ3v) is 5.65. The number of aliphatic carboxylic acids is 1. The Bertz CT molecular complexity index is 772. The minimum atomic E-state index is -0.820. The Kier molecular flexibility index (Phi) is 5.48. The van der Waals surface area contributed by atoms with Crippen molar-refractivity contribution in [2.75, 3.05) is 0 Å². The average molecular weight is 358 g/mol. The number of hydrogen-bond donors (Lipinski definition) is 2. The van der Waals surface area contributed by atoms with Gasteiger partial charge in [-0.15, -0.1) is 11.3 Å². The van der Waals surface area contributed by atoms with Crippen LogP contribution < -0.4 is 5.32 Å². The molecule has 132 valence electrons. The van der Waals surface area contributed by atoms with E-state index in [9.17, 15) is 14.7 Å². The second kappa shape index (κ2) is 7.78. The summed E-state index contributed by atoms with van der Waals surface area (Å²) in [5.41, 5.74) is 2.40. The normalized spacial score (nSPS) is 20.7. The highest BCUT2D eigenvalue weighted by Crippen LogP contribution is 2.26. The molecule has 5 nitrogen and oxygen atoms in total. The SMILES string of the molecule is Cc1csc(-c2cccc(C(=O)N[C@H]3CCCCC[C@H]3C(=O)O)c2)n1. The van der Waals surface area contributed by atoms with Crippen LogP contribution in [-0.2, 0) is 4.79 Å². The number of hydrogen-bond acceptors (Lipinski definition) is 4. The predicted octanol–water partition coefficient (Wildman–Crippen LogP) is 3.88. The molecule has 1 fully saturated rings. The summed E-state index contributed by atoms with van der Waals surface area (Å²) in [5, 5.41) is 15.3. The van der Waals surface area contributed by atoms with Gasteiger partial charge in [0.05, 0.1) is 5.92 Å². The maximum absolute atomic E-state index is 12.7. The molecule has 1 aliphatic rings. The quantitative estimate of drug-likeness (QED) is 0.813. The number of carboxylic acid groups (broad SMARTS) is 1. The van der Waals surface area contributed by atoms with Gasteiger partial charge < -0.3 is 10.4 Å². The summed E-state index contributed by atoms with van der Waals surface area (Å²) in [6, 6.07) is 7.04. The average Bonchev–Trinajstić information content (AvgIpc) is 2.89. The van der Waals surface area contributed by atoms with Crippen molar-refractivity contribution in [3.8, 4) is 10.6 Å². The van der Waals surface area contributed by atoms with Gasteiger partial charge in [0, 0.05) is 28.2 Å². The third kappa shape index (κ3) is 4.25.